The average molecular weight is 372 g/mol. The van der Waals surface area contributed by atoms with Crippen LogP contribution in [0.25, 0.3) is 0 Å². The van der Waals surface area contributed by atoms with Crippen LogP contribution in [-0.2, 0) is 11.3 Å². The molecule has 2 N–H and O–H groups in total. The van der Waals surface area contributed by atoms with Gasteiger partial charge < -0.3 is 24.8 Å². The molecule has 0 aliphatic carbocycles. The van der Waals surface area contributed by atoms with Crippen molar-refractivity contribution in [3.8, 4) is 11.5 Å². The first kappa shape index (κ1) is 20.4. The van der Waals surface area contributed by atoms with Crippen LogP contribution >= 0.6 is 0 Å². The van der Waals surface area contributed by atoms with Crippen molar-refractivity contribution < 1.29 is 19.0 Å². The van der Waals surface area contributed by atoms with Gasteiger partial charge in [0.1, 0.15) is 12.2 Å². The minimum absolute atomic E-state index is 0.307. The highest BCUT2D eigenvalue weighted by Crippen LogP contribution is 2.25. The van der Waals surface area contributed by atoms with Crippen LogP contribution in [0.5, 0.6) is 11.5 Å². The number of hydrogen-bond donors (Lipinski definition) is 1. The van der Waals surface area contributed by atoms with Gasteiger partial charge in [0.05, 0.1) is 13.7 Å². The van der Waals surface area contributed by atoms with Crippen molar-refractivity contribution in [2.75, 3.05) is 26.0 Å². The van der Waals surface area contributed by atoms with Gasteiger partial charge in [-0.25, -0.2) is 4.79 Å². The van der Waals surface area contributed by atoms with E-state index in [2.05, 4.69) is 0 Å². The number of anilines is 1. The number of nitrogens with two attached hydrogens (primary N) is 1. The summed E-state index contributed by atoms with van der Waals surface area (Å²) >= 11 is 0. The highest BCUT2D eigenvalue weighted by Gasteiger charge is 2.22. The summed E-state index contributed by atoms with van der Waals surface area (Å²) in [6, 6.07) is 14.8. The summed E-state index contributed by atoms with van der Waals surface area (Å²) in [7, 11) is 1.59. The van der Waals surface area contributed by atoms with Gasteiger partial charge >= 0.3 is 6.09 Å². The first-order valence-corrected chi connectivity index (χ1v) is 8.86. The number of nitrogen functional groups attached to an aromatic ring is 1. The lowest BCUT2D eigenvalue weighted by Gasteiger charge is -2.27. The molecule has 2 aromatic rings. The molecular formula is C21H28N2O4. The molecule has 0 heterocycles. The Bertz CT molecular complexity index is 756. The molecular weight excluding hydrogens is 344 g/mol. The van der Waals surface area contributed by atoms with E-state index >= 15 is 0 Å². The Balaban J connectivity index is 2.06. The first-order chi connectivity index (χ1) is 12.8. The fraction of sp³-hybridized carbons (Fsp3) is 0.381. The third-order valence-corrected chi connectivity index (χ3v) is 3.66. The topological polar surface area (TPSA) is 74.0 Å². The molecule has 0 saturated carbocycles. The van der Waals surface area contributed by atoms with Crippen LogP contribution in [0.2, 0.25) is 0 Å². The van der Waals surface area contributed by atoms with Gasteiger partial charge in [-0.05, 0) is 50.6 Å². The molecule has 27 heavy (non-hydrogen) atoms. The van der Waals surface area contributed by atoms with Gasteiger partial charge in [0.2, 0.25) is 0 Å². The maximum atomic E-state index is 12.6. The molecule has 146 valence electrons. The molecule has 0 aliphatic heterocycles. The zero-order valence-corrected chi connectivity index (χ0v) is 16.4. The van der Waals surface area contributed by atoms with E-state index in [1.807, 2.05) is 69.3 Å². The number of amides is 1. The first-order valence-electron chi connectivity index (χ1n) is 8.86. The molecule has 0 unspecified atom stereocenters. The number of rotatable bonds is 7. The van der Waals surface area contributed by atoms with Crippen LogP contribution in [0.1, 0.15) is 26.3 Å². The second kappa shape index (κ2) is 9.16. The van der Waals surface area contributed by atoms with E-state index < -0.39 is 11.7 Å². The number of carbonyl (C=O) groups is 1. The molecule has 0 spiro atoms. The Hall–Kier alpha value is -2.89. The van der Waals surface area contributed by atoms with Crippen LogP contribution in [0.15, 0.2) is 48.5 Å². The number of para-hydroxylation sites is 2. The van der Waals surface area contributed by atoms with Crippen molar-refractivity contribution in [3.05, 3.63) is 54.1 Å². The van der Waals surface area contributed by atoms with Crippen molar-refractivity contribution >= 4 is 11.8 Å². The number of hydrogen-bond acceptors (Lipinski definition) is 5. The summed E-state index contributed by atoms with van der Waals surface area (Å²) in [5.41, 5.74) is 6.86. The zero-order chi connectivity index (χ0) is 19.9. The largest absolute Gasteiger partial charge is 0.493 e. The van der Waals surface area contributed by atoms with E-state index in [4.69, 9.17) is 19.9 Å². The fourth-order valence-corrected chi connectivity index (χ4v) is 2.48. The minimum atomic E-state index is -0.575. The number of nitrogens with zero attached hydrogens (tertiary/aromatic N) is 1. The molecule has 2 aromatic carbocycles. The minimum Gasteiger partial charge on any atom is -0.493 e. The van der Waals surface area contributed by atoms with Crippen LogP contribution in [-0.4, -0.2) is 36.9 Å². The SMILES string of the molecule is COc1ccccc1OCCN(Cc1cccc(N)c1)C(=O)OC(C)(C)C. The summed E-state index contributed by atoms with van der Waals surface area (Å²) in [5.74, 6) is 1.28. The van der Waals surface area contributed by atoms with Crippen molar-refractivity contribution in [1.82, 2.24) is 4.90 Å². The van der Waals surface area contributed by atoms with Crippen LogP contribution < -0.4 is 15.2 Å². The highest BCUT2D eigenvalue weighted by molar-refractivity contribution is 5.68. The predicted molar refractivity (Wildman–Crippen MR) is 106 cm³/mol. The summed E-state index contributed by atoms with van der Waals surface area (Å²) in [4.78, 5) is 14.2. The molecule has 6 nitrogen and oxygen atoms in total. The molecule has 0 bridgehead atoms. The Morgan fingerprint density at radius 3 is 2.41 bits per heavy atom. The molecule has 0 radical (unpaired) electrons. The maximum absolute atomic E-state index is 12.6. The third kappa shape index (κ3) is 6.73. The van der Waals surface area contributed by atoms with Gasteiger partial charge in [-0.2, -0.15) is 0 Å². The second-order valence-electron chi connectivity index (χ2n) is 7.15. The van der Waals surface area contributed by atoms with Gasteiger partial charge in [-0.3, -0.25) is 0 Å². The van der Waals surface area contributed by atoms with Gasteiger partial charge in [0, 0.05) is 12.2 Å². The van der Waals surface area contributed by atoms with Crippen molar-refractivity contribution in [3.63, 3.8) is 0 Å². The zero-order valence-electron chi connectivity index (χ0n) is 16.4. The monoisotopic (exact) mass is 372 g/mol. The van der Waals surface area contributed by atoms with E-state index in [0.717, 1.165) is 5.56 Å². The number of methoxy groups -OCH3 is 1. The smallest absolute Gasteiger partial charge is 0.410 e. The Morgan fingerprint density at radius 2 is 1.78 bits per heavy atom. The molecule has 6 heteroatoms. The predicted octanol–water partition coefficient (Wildman–Crippen LogP) is 4.09. The Labute approximate surface area is 160 Å². The molecule has 0 aromatic heterocycles. The third-order valence-electron chi connectivity index (χ3n) is 3.66. The fourth-order valence-electron chi connectivity index (χ4n) is 2.48. The lowest BCUT2D eigenvalue weighted by Crippen LogP contribution is -2.38. The van der Waals surface area contributed by atoms with Crippen LogP contribution in [0.4, 0.5) is 10.5 Å². The molecule has 0 atom stereocenters. The van der Waals surface area contributed by atoms with Gasteiger partial charge in [-0.15, -0.1) is 0 Å². The van der Waals surface area contributed by atoms with E-state index in [1.165, 1.54) is 0 Å². The van der Waals surface area contributed by atoms with E-state index in [9.17, 15) is 4.79 Å². The average Bonchev–Trinajstić information content (AvgIpc) is 2.60. The van der Waals surface area contributed by atoms with E-state index in [-0.39, 0.29) is 0 Å². The summed E-state index contributed by atoms with van der Waals surface area (Å²) in [6.07, 6.45) is -0.395. The standard InChI is InChI=1S/C21H28N2O4/c1-21(2,3)27-20(24)23(15-16-8-7-9-17(22)14-16)12-13-26-19-11-6-5-10-18(19)25-4/h5-11,14H,12-13,15,22H2,1-4H3. The van der Waals surface area contributed by atoms with Crippen LogP contribution in [0, 0.1) is 0 Å². The van der Waals surface area contributed by atoms with Crippen molar-refractivity contribution in [2.45, 2.75) is 32.9 Å². The molecule has 2 rings (SSSR count). The number of carbonyl (C=O) groups excluding carboxylic acids is 1. The molecule has 1 amide bonds. The normalized spacial score (nSPS) is 11.0. The maximum Gasteiger partial charge on any atom is 0.410 e. The quantitative estimate of drug-likeness (QED) is 0.741. The summed E-state index contributed by atoms with van der Waals surface area (Å²) in [6.45, 7) is 6.58. The highest BCUT2D eigenvalue weighted by atomic mass is 16.6. The second-order valence-corrected chi connectivity index (χ2v) is 7.15. The van der Waals surface area contributed by atoms with Gasteiger partial charge in [0.25, 0.3) is 0 Å². The molecule has 0 aliphatic rings. The van der Waals surface area contributed by atoms with E-state index in [1.54, 1.807) is 12.0 Å². The van der Waals surface area contributed by atoms with E-state index in [0.29, 0.717) is 36.9 Å². The lowest BCUT2D eigenvalue weighted by molar-refractivity contribution is 0.0208. The lowest BCUT2D eigenvalue weighted by atomic mass is 10.2. The van der Waals surface area contributed by atoms with Gasteiger partial charge in [-0.1, -0.05) is 24.3 Å². The Kier molecular flexibility index (Phi) is 6.93. The summed E-state index contributed by atoms with van der Waals surface area (Å²) < 4.78 is 16.6. The number of benzene rings is 2. The van der Waals surface area contributed by atoms with Gasteiger partial charge in [0.15, 0.2) is 11.5 Å². The molecule has 0 saturated heterocycles. The number of ether oxygens (including phenoxy) is 3. The summed E-state index contributed by atoms with van der Waals surface area (Å²) in [5, 5.41) is 0. The molecule has 0 fully saturated rings. The Morgan fingerprint density at radius 1 is 1.07 bits per heavy atom. The van der Waals surface area contributed by atoms with Crippen molar-refractivity contribution in [2.24, 2.45) is 0 Å². The van der Waals surface area contributed by atoms with Crippen LogP contribution in [0.3, 0.4) is 0 Å². The van der Waals surface area contributed by atoms with Crippen molar-refractivity contribution in [1.29, 1.82) is 0 Å².